The normalized spacial score (nSPS) is 13.9. The zero-order valence-corrected chi connectivity index (χ0v) is 20.1. The molecule has 1 fully saturated rings. The van der Waals surface area contributed by atoms with Crippen LogP contribution < -0.4 is 5.73 Å². The molecule has 0 spiro atoms. The predicted octanol–water partition coefficient (Wildman–Crippen LogP) is 5.69. The summed E-state index contributed by atoms with van der Waals surface area (Å²) >= 11 is 1.81. The highest BCUT2D eigenvalue weighted by Gasteiger charge is 2.26. The van der Waals surface area contributed by atoms with Crippen molar-refractivity contribution in [1.29, 1.82) is 0 Å². The van der Waals surface area contributed by atoms with Crippen molar-refractivity contribution in [2.75, 3.05) is 13.1 Å². The average molecular weight is 478 g/mol. The molecule has 2 aromatic heterocycles. The molecule has 166 valence electrons. The summed E-state index contributed by atoms with van der Waals surface area (Å²) in [6.45, 7) is 4.29. The van der Waals surface area contributed by atoms with Gasteiger partial charge in [-0.3, -0.25) is 9.78 Å². The Balaban J connectivity index is 0.000000363. The Morgan fingerprint density at radius 3 is 2.32 bits per heavy atom. The second-order valence-corrected chi connectivity index (χ2v) is 8.71. The highest BCUT2D eigenvalue weighted by Crippen LogP contribution is 2.33. The van der Waals surface area contributed by atoms with Crippen LogP contribution in [0.3, 0.4) is 0 Å². The number of aryl methyl sites for hydroxylation is 1. The molecule has 0 atom stereocenters. The minimum atomic E-state index is 0. The van der Waals surface area contributed by atoms with E-state index >= 15 is 0 Å². The third-order valence-corrected chi connectivity index (χ3v) is 6.91. The number of amides is 1. The fourth-order valence-corrected chi connectivity index (χ4v) is 4.91. The summed E-state index contributed by atoms with van der Waals surface area (Å²) in [5.74, 6) is 0.686. The molecule has 1 amide bonds. The number of nitrogens with zero attached hydrogens (tertiary/aromatic N) is 2. The molecule has 4 nitrogen and oxygen atoms in total. The van der Waals surface area contributed by atoms with Gasteiger partial charge in [0.2, 0.25) is 0 Å². The Labute approximate surface area is 200 Å². The summed E-state index contributed by atoms with van der Waals surface area (Å²) in [5, 5.41) is 0. The van der Waals surface area contributed by atoms with Crippen LogP contribution in [0.2, 0.25) is 0 Å². The standard InChI is InChI=1S/C18H23N3OS.C6H4.2ClH/c1-2-16-15(4-3-9-20-16)18(22)21-10-7-13(8-11-21)17-6-5-14(12-19)23-17;1-2-5-4-6(5)3-1;;/h3-6,9,13H,2,7-8,10-12,19H2,1H3;1-4H;2*1H. The summed E-state index contributed by atoms with van der Waals surface area (Å²) in [5.41, 5.74) is 10.2. The predicted molar refractivity (Wildman–Crippen MR) is 134 cm³/mol. The lowest BCUT2D eigenvalue weighted by molar-refractivity contribution is 0.0712. The molecule has 0 saturated carbocycles. The topological polar surface area (TPSA) is 59.2 Å². The maximum atomic E-state index is 12.7. The number of aromatic nitrogens is 1. The van der Waals surface area contributed by atoms with E-state index in [0.29, 0.717) is 12.5 Å². The molecule has 3 aliphatic rings. The number of piperidine rings is 1. The zero-order chi connectivity index (χ0) is 20.2. The first-order valence-electron chi connectivity index (χ1n) is 10.3. The van der Waals surface area contributed by atoms with Crippen molar-refractivity contribution in [3.63, 3.8) is 0 Å². The molecule has 0 radical (unpaired) electrons. The Kier molecular flexibility index (Phi) is 9.51. The van der Waals surface area contributed by atoms with Crippen molar-refractivity contribution in [2.45, 2.75) is 38.6 Å². The highest BCUT2D eigenvalue weighted by molar-refractivity contribution is 7.12. The molecule has 2 aliphatic carbocycles. The van der Waals surface area contributed by atoms with E-state index in [1.54, 1.807) is 6.20 Å². The largest absolute Gasteiger partial charge is 0.339 e. The number of fused-ring (bicyclic) bond motifs is 1. The number of thiophene rings is 1. The van der Waals surface area contributed by atoms with Crippen LogP contribution in [0.4, 0.5) is 0 Å². The van der Waals surface area contributed by atoms with Crippen molar-refractivity contribution in [3.8, 4) is 11.1 Å². The number of hydrogen-bond donors (Lipinski definition) is 1. The first-order chi connectivity index (χ1) is 14.2. The fourth-order valence-electron chi connectivity index (χ4n) is 3.85. The van der Waals surface area contributed by atoms with E-state index in [1.165, 1.54) is 20.9 Å². The van der Waals surface area contributed by atoms with Gasteiger partial charge >= 0.3 is 0 Å². The molecule has 0 unspecified atom stereocenters. The number of hydrogen-bond acceptors (Lipinski definition) is 4. The monoisotopic (exact) mass is 477 g/mol. The van der Waals surface area contributed by atoms with Gasteiger partial charge in [0, 0.05) is 35.6 Å². The Bertz CT molecular complexity index is 982. The van der Waals surface area contributed by atoms with Gasteiger partial charge in [-0.25, -0.2) is 0 Å². The average Bonchev–Trinajstić information content (AvgIpc) is 3.17. The maximum Gasteiger partial charge on any atom is 0.255 e. The van der Waals surface area contributed by atoms with E-state index in [4.69, 9.17) is 5.73 Å². The summed E-state index contributed by atoms with van der Waals surface area (Å²) in [6.07, 6.45) is 4.60. The van der Waals surface area contributed by atoms with Crippen LogP contribution in [-0.4, -0.2) is 28.9 Å². The molecule has 7 heteroatoms. The van der Waals surface area contributed by atoms with Crippen LogP contribution in [0.15, 0.2) is 54.7 Å². The maximum absolute atomic E-state index is 12.7. The van der Waals surface area contributed by atoms with Gasteiger partial charge in [0.25, 0.3) is 5.91 Å². The van der Waals surface area contributed by atoms with Crippen LogP contribution in [0.1, 0.15) is 51.5 Å². The molecule has 1 saturated heterocycles. The molecule has 5 rings (SSSR count). The highest BCUT2D eigenvalue weighted by atomic mass is 35.5. The lowest BCUT2D eigenvalue weighted by atomic mass is 9.94. The van der Waals surface area contributed by atoms with Crippen molar-refractivity contribution in [1.82, 2.24) is 9.88 Å². The van der Waals surface area contributed by atoms with Crippen molar-refractivity contribution < 1.29 is 4.79 Å². The van der Waals surface area contributed by atoms with E-state index in [0.717, 1.165) is 43.6 Å². The smallest absolute Gasteiger partial charge is 0.255 e. The van der Waals surface area contributed by atoms with Gasteiger partial charge < -0.3 is 10.6 Å². The lowest BCUT2D eigenvalue weighted by Crippen LogP contribution is -2.38. The third-order valence-electron chi connectivity index (χ3n) is 5.64. The molecular formula is C24H29Cl2N3OS. The van der Waals surface area contributed by atoms with Gasteiger partial charge in [-0.1, -0.05) is 25.1 Å². The van der Waals surface area contributed by atoms with Crippen LogP contribution in [-0.2, 0) is 13.0 Å². The fraction of sp³-hybridized carbons (Fsp3) is 0.333. The summed E-state index contributed by atoms with van der Waals surface area (Å²) in [4.78, 5) is 21.7. The van der Waals surface area contributed by atoms with E-state index in [-0.39, 0.29) is 30.7 Å². The molecule has 2 N–H and O–H groups in total. The summed E-state index contributed by atoms with van der Waals surface area (Å²) < 4.78 is 0. The number of benzene rings is 1. The molecule has 3 heterocycles. The Hall–Kier alpha value is -1.92. The van der Waals surface area contributed by atoms with Crippen molar-refractivity contribution >= 4 is 42.1 Å². The van der Waals surface area contributed by atoms with Crippen LogP contribution in [0.25, 0.3) is 11.1 Å². The SMILES string of the molecule is CCc1ncccc1C(=O)N1CCC(c2ccc(CN)s2)CC1.Cl.Cl.c1cc2cc-2c1. The Morgan fingerprint density at radius 1 is 1.10 bits per heavy atom. The number of pyridine rings is 1. The number of halogens is 2. The number of rotatable bonds is 4. The molecule has 1 aliphatic heterocycles. The second-order valence-electron chi connectivity index (χ2n) is 7.51. The first-order valence-corrected chi connectivity index (χ1v) is 11.1. The van der Waals surface area contributed by atoms with Gasteiger partial charge in [-0.2, -0.15) is 0 Å². The Morgan fingerprint density at radius 2 is 1.81 bits per heavy atom. The van der Waals surface area contributed by atoms with Gasteiger partial charge in [-0.05, 0) is 66.6 Å². The molecule has 0 bridgehead atoms. The number of nitrogens with two attached hydrogens (primary N) is 1. The minimum Gasteiger partial charge on any atom is -0.339 e. The van der Waals surface area contributed by atoms with E-state index in [1.807, 2.05) is 35.3 Å². The number of carbonyl (C=O) groups excluding carboxylic acids is 1. The van der Waals surface area contributed by atoms with E-state index in [9.17, 15) is 4.79 Å². The molecule has 0 aromatic carbocycles. The number of carbonyl (C=O) groups is 1. The zero-order valence-electron chi connectivity index (χ0n) is 17.6. The quantitative estimate of drug-likeness (QED) is 0.410. The van der Waals surface area contributed by atoms with Gasteiger partial charge in [0.15, 0.2) is 0 Å². The summed E-state index contributed by atoms with van der Waals surface area (Å²) in [6, 6.07) is 16.5. The van der Waals surface area contributed by atoms with Crippen LogP contribution in [0, 0.1) is 0 Å². The number of likely N-dealkylation sites (tertiary alicyclic amines) is 1. The van der Waals surface area contributed by atoms with E-state index < -0.39 is 0 Å². The van der Waals surface area contributed by atoms with Crippen molar-refractivity contribution in [2.24, 2.45) is 5.73 Å². The second kappa shape index (κ2) is 11.6. The minimum absolute atomic E-state index is 0. The van der Waals surface area contributed by atoms with Gasteiger partial charge in [-0.15, -0.1) is 36.2 Å². The third kappa shape index (κ3) is 6.07. The van der Waals surface area contributed by atoms with Crippen LogP contribution >= 0.6 is 36.2 Å². The van der Waals surface area contributed by atoms with E-state index in [2.05, 4.69) is 41.4 Å². The molecule has 31 heavy (non-hydrogen) atoms. The first kappa shape index (κ1) is 25.3. The lowest BCUT2D eigenvalue weighted by Gasteiger charge is -2.32. The van der Waals surface area contributed by atoms with Crippen LogP contribution in [0.5, 0.6) is 0 Å². The molecular weight excluding hydrogens is 449 g/mol. The summed E-state index contributed by atoms with van der Waals surface area (Å²) in [7, 11) is 0. The van der Waals surface area contributed by atoms with Gasteiger partial charge in [0.05, 0.1) is 11.3 Å². The van der Waals surface area contributed by atoms with Gasteiger partial charge in [0.1, 0.15) is 0 Å². The van der Waals surface area contributed by atoms with Crippen molar-refractivity contribution in [3.05, 3.63) is 75.7 Å². The molecule has 2 aromatic rings.